The van der Waals surface area contributed by atoms with Crippen LogP contribution in [0.5, 0.6) is 0 Å². The van der Waals surface area contributed by atoms with Crippen molar-refractivity contribution in [3.05, 3.63) is 35.9 Å². The molecule has 0 fully saturated rings. The van der Waals surface area contributed by atoms with Gasteiger partial charge < -0.3 is 15.6 Å². The summed E-state index contributed by atoms with van der Waals surface area (Å²) in [5.74, 6) is -0.794. The Labute approximate surface area is 103 Å². The molecule has 0 unspecified atom stereocenters. The van der Waals surface area contributed by atoms with E-state index >= 15 is 0 Å². The molecule has 0 bridgehead atoms. The Morgan fingerprint density at radius 3 is 2.89 bits per heavy atom. The molecule has 0 atom stereocenters. The molecule has 0 aliphatic heterocycles. The molecule has 7 heteroatoms. The molecule has 0 spiro atoms. The zero-order valence-electron chi connectivity index (χ0n) is 9.82. The second-order valence-electron chi connectivity index (χ2n) is 3.74. The lowest BCUT2D eigenvalue weighted by Gasteiger charge is -2.10. The van der Waals surface area contributed by atoms with Gasteiger partial charge in [0.15, 0.2) is 11.6 Å². The summed E-state index contributed by atoms with van der Waals surface area (Å²) in [5, 5.41) is 10.5. The van der Waals surface area contributed by atoms with Gasteiger partial charge in [-0.3, -0.25) is 0 Å². The third-order valence-electron chi connectivity index (χ3n) is 2.57. The molecule has 2 aromatic rings. The molecular weight excluding hydrogens is 240 g/mol. The second kappa shape index (κ2) is 4.99. The van der Waals surface area contributed by atoms with Crippen molar-refractivity contribution >= 4 is 11.4 Å². The summed E-state index contributed by atoms with van der Waals surface area (Å²) in [4.78, 5) is 0. The topological polar surface area (TPSA) is 68.8 Å². The molecule has 0 amide bonds. The van der Waals surface area contributed by atoms with E-state index in [0.717, 1.165) is 18.7 Å². The molecule has 1 aromatic heterocycles. The second-order valence-corrected chi connectivity index (χ2v) is 3.74. The van der Waals surface area contributed by atoms with E-state index in [1.165, 1.54) is 0 Å². The van der Waals surface area contributed by atoms with Crippen LogP contribution in [0.4, 0.5) is 20.2 Å². The van der Waals surface area contributed by atoms with Crippen LogP contribution in [-0.2, 0) is 13.1 Å². The van der Waals surface area contributed by atoms with Crippen molar-refractivity contribution in [2.45, 2.75) is 20.0 Å². The van der Waals surface area contributed by atoms with Crippen LogP contribution in [-0.4, -0.2) is 14.8 Å². The van der Waals surface area contributed by atoms with Crippen LogP contribution in [0.1, 0.15) is 12.7 Å². The number of aryl methyl sites for hydroxylation is 1. The monoisotopic (exact) mass is 253 g/mol. The van der Waals surface area contributed by atoms with Gasteiger partial charge >= 0.3 is 0 Å². The van der Waals surface area contributed by atoms with E-state index in [2.05, 4.69) is 15.5 Å². The lowest BCUT2D eigenvalue weighted by atomic mass is 10.2. The third-order valence-corrected chi connectivity index (χ3v) is 2.57. The zero-order chi connectivity index (χ0) is 13.1. The van der Waals surface area contributed by atoms with Gasteiger partial charge in [0, 0.05) is 12.6 Å². The summed E-state index contributed by atoms with van der Waals surface area (Å²) in [6.45, 7) is 2.96. The van der Waals surface area contributed by atoms with Crippen molar-refractivity contribution in [1.82, 2.24) is 14.8 Å². The number of anilines is 2. The summed E-state index contributed by atoms with van der Waals surface area (Å²) < 4.78 is 28.1. The fraction of sp³-hybridized carbons (Fsp3) is 0.273. The standard InChI is InChI=1S/C11H13F2N5/c1-2-18-6-16-17-10(18)5-15-9-4-7(12)3-8(13)11(9)14/h3-4,6,15H,2,5,14H2,1H3. The maximum Gasteiger partial charge on any atom is 0.152 e. The Balaban J connectivity index is 2.16. The Morgan fingerprint density at radius 1 is 1.39 bits per heavy atom. The number of nitrogens with one attached hydrogen (secondary N) is 1. The quantitative estimate of drug-likeness (QED) is 0.815. The number of hydrogen-bond acceptors (Lipinski definition) is 4. The van der Waals surface area contributed by atoms with E-state index in [-0.39, 0.29) is 11.4 Å². The van der Waals surface area contributed by atoms with Crippen LogP contribution >= 0.6 is 0 Å². The first-order valence-corrected chi connectivity index (χ1v) is 5.47. The summed E-state index contributed by atoms with van der Waals surface area (Å²) in [6.07, 6.45) is 1.59. The number of rotatable bonds is 4. The maximum absolute atomic E-state index is 13.2. The van der Waals surface area contributed by atoms with Crippen LogP contribution in [0.3, 0.4) is 0 Å². The number of nitrogens with zero attached hydrogens (tertiary/aromatic N) is 3. The Kier molecular flexibility index (Phi) is 3.40. The van der Waals surface area contributed by atoms with E-state index in [1.54, 1.807) is 6.33 Å². The summed E-state index contributed by atoms with van der Waals surface area (Å²) >= 11 is 0. The van der Waals surface area contributed by atoms with Gasteiger partial charge in [0.05, 0.1) is 17.9 Å². The summed E-state index contributed by atoms with van der Waals surface area (Å²) in [7, 11) is 0. The molecule has 5 nitrogen and oxygen atoms in total. The van der Waals surface area contributed by atoms with Crippen LogP contribution < -0.4 is 11.1 Å². The van der Waals surface area contributed by atoms with Crippen LogP contribution in [0, 0.1) is 11.6 Å². The lowest BCUT2D eigenvalue weighted by molar-refractivity contribution is 0.587. The van der Waals surface area contributed by atoms with Gasteiger partial charge in [-0.05, 0) is 13.0 Å². The zero-order valence-corrected chi connectivity index (χ0v) is 9.82. The minimum Gasteiger partial charge on any atom is -0.395 e. The predicted octanol–water partition coefficient (Wildman–Crippen LogP) is 1.77. The van der Waals surface area contributed by atoms with Gasteiger partial charge in [0.25, 0.3) is 0 Å². The van der Waals surface area contributed by atoms with Gasteiger partial charge in [0.2, 0.25) is 0 Å². The fourth-order valence-corrected chi connectivity index (χ4v) is 1.59. The number of halogens is 2. The van der Waals surface area contributed by atoms with Crippen LogP contribution in [0.25, 0.3) is 0 Å². The highest BCUT2D eigenvalue weighted by atomic mass is 19.1. The lowest BCUT2D eigenvalue weighted by Crippen LogP contribution is -2.09. The van der Waals surface area contributed by atoms with Crippen LogP contribution in [0.15, 0.2) is 18.5 Å². The molecule has 3 N–H and O–H groups in total. The Bertz CT molecular complexity index is 552. The van der Waals surface area contributed by atoms with Crippen molar-refractivity contribution in [2.24, 2.45) is 0 Å². The van der Waals surface area contributed by atoms with Gasteiger partial charge in [-0.1, -0.05) is 0 Å². The van der Waals surface area contributed by atoms with E-state index in [0.29, 0.717) is 12.4 Å². The van der Waals surface area contributed by atoms with Crippen molar-refractivity contribution in [3.63, 3.8) is 0 Å². The van der Waals surface area contributed by atoms with Gasteiger partial charge in [-0.25, -0.2) is 8.78 Å². The van der Waals surface area contributed by atoms with E-state index in [9.17, 15) is 8.78 Å². The molecule has 0 saturated heterocycles. The number of nitrogen functional groups attached to an aromatic ring is 1. The first-order valence-electron chi connectivity index (χ1n) is 5.47. The first kappa shape index (κ1) is 12.3. The van der Waals surface area contributed by atoms with Gasteiger partial charge in [0.1, 0.15) is 12.1 Å². The number of hydrogen-bond donors (Lipinski definition) is 2. The average molecular weight is 253 g/mol. The smallest absolute Gasteiger partial charge is 0.152 e. The van der Waals surface area contributed by atoms with Crippen molar-refractivity contribution in [3.8, 4) is 0 Å². The first-order chi connectivity index (χ1) is 8.61. The number of benzene rings is 1. The summed E-state index contributed by atoms with van der Waals surface area (Å²) in [6, 6.07) is 1.89. The minimum atomic E-state index is -0.783. The van der Waals surface area contributed by atoms with E-state index < -0.39 is 11.6 Å². The highest BCUT2D eigenvalue weighted by Crippen LogP contribution is 2.23. The highest BCUT2D eigenvalue weighted by Gasteiger charge is 2.09. The number of aromatic nitrogens is 3. The van der Waals surface area contributed by atoms with E-state index in [4.69, 9.17) is 5.73 Å². The molecule has 0 radical (unpaired) electrons. The highest BCUT2D eigenvalue weighted by molar-refractivity contribution is 5.66. The fourth-order valence-electron chi connectivity index (χ4n) is 1.59. The predicted molar refractivity (Wildman–Crippen MR) is 63.8 cm³/mol. The normalized spacial score (nSPS) is 10.6. The Morgan fingerprint density at radius 2 is 2.17 bits per heavy atom. The van der Waals surface area contributed by atoms with Crippen molar-refractivity contribution in [2.75, 3.05) is 11.1 Å². The molecule has 2 rings (SSSR count). The van der Waals surface area contributed by atoms with E-state index in [1.807, 2.05) is 11.5 Å². The average Bonchev–Trinajstić information content (AvgIpc) is 2.79. The molecular formula is C11H13F2N5. The largest absolute Gasteiger partial charge is 0.395 e. The number of nitrogens with two attached hydrogens (primary N) is 1. The molecule has 0 aliphatic rings. The van der Waals surface area contributed by atoms with Crippen molar-refractivity contribution in [1.29, 1.82) is 0 Å². The SMILES string of the molecule is CCn1cnnc1CNc1cc(F)cc(F)c1N. The minimum absolute atomic E-state index is 0.112. The molecule has 96 valence electrons. The third kappa shape index (κ3) is 2.39. The molecule has 0 saturated carbocycles. The van der Waals surface area contributed by atoms with Crippen LogP contribution in [0.2, 0.25) is 0 Å². The van der Waals surface area contributed by atoms with Gasteiger partial charge in [-0.2, -0.15) is 0 Å². The molecule has 0 aliphatic carbocycles. The molecule has 1 heterocycles. The van der Waals surface area contributed by atoms with Crippen molar-refractivity contribution < 1.29 is 8.78 Å². The Hall–Kier alpha value is -2.18. The molecule has 1 aromatic carbocycles. The maximum atomic E-state index is 13.2. The summed E-state index contributed by atoms with van der Waals surface area (Å²) in [5.41, 5.74) is 5.61. The molecule has 18 heavy (non-hydrogen) atoms. The van der Waals surface area contributed by atoms with Gasteiger partial charge in [-0.15, -0.1) is 10.2 Å².